The zero-order chi connectivity index (χ0) is 8.43. The van der Waals surface area contributed by atoms with Crippen molar-refractivity contribution >= 4 is 15.9 Å². The van der Waals surface area contributed by atoms with Crippen molar-refractivity contribution in [2.45, 2.75) is 18.7 Å². The number of hydrogen-bond donors (Lipinski definition) is 0. The van der Waals surface area contributed by atoms with Crippen molar-refractivity contribution < 1.29 is 4.39 Å². The van der Waals surface area contributed by atoms with E-state index in [9.17, 15) is 4.39 Å². The second-order valence-electron chi connectivity index (χ2n) is 2.57. The fourth-order valence-corrected chi connectivity index (χ4v) is 1.55. The molecule has 1 rings (SSSR count). The summed E-state index contributed by atoms with van der Waals surface area (Å²) in [6, 6.07) is 5.14. The molecule has 1 atom stereocenters. The van der Waals surface area contributed by atoms with Crippen LogP contribution in [0, 0.1) is 12.7 Å². The second kappa shape index (κ2) is 3.35. The molecule has 11 heavy (non-hydrogen) atoms. The van der Waals surface area contributed by atoms with Gasteiger partial charge in [-0.1, -0.05) is 28.1 Å². The molecule has 1 unspecified atom stereocenters. The van der Waals surface area contributed by atoms with E-state index in [1.807, 2.05) is 13.0 Å². The van der Waals surface area contributed by atoms with Crippen molar-refractivity contribution in [2.24, 2.45) is 0 Å². The number of benzene rings is 1. The van der Waals surface area contributed by atoms with Crippen LogP contribution in [0.5, 0.6) is 0 Å². The minimum atomic E-state index is -0.131. The lowest BCUT2D eigenvalue weighted by molar-refractivity contribution is 0.615. The smallest absolute Gasteiger partial charge is 0.126 e. The van der Waals surface area contributed by atoms with E-state index in [1.165, 1.54) is 6.07 Å². The number of halogens is 2. The van der Waals surface area contributed by atoms with E-state index in [4.69, 9.17) is 0 Å². The highest BCUT2D eigenvalue weighted by Crippen LogP contribution is 2.25. The second-order valence-corrected chi connectivity index (χ2v) is 3.94. The van der Waals surface area contributed by atoms with Gasteiger partial charge in [0.25, 0.3) is 0 Å². The molecule has 60 valence electrons. The SMILES string of the molecule is Cc1c(F)cccc1C(C)Br. The van der Waals surface area contributed by atoms with E-state index >= 15 is 0 Å². The molecule has 0 radical (unpaired) electrons. The van der Waals surface area contributed by atoms with Crippen molar-refractivity contribution in [1.82, 2.24) is 0 Å². The molecule has 0 saturated heterocycles. The normalized spacial score (nSPS) is 13.1. The van der Waals surface area contributed by atoms with Crippen LogP contribution in [-0.4, -0.2) is 0 Å². The fourth-order valence-electron chi connectivity index (χ4n) is 1.06. The van der Waals surface area contributed by atoms with Crippen LogP contribution in [0.15, 0.2) is 18.2 Å². The maximum atomic E-state index is 12.9. The Morgan fingerprint density at radius 3 is 2.55 bits per heavy atom. The molecule has 0 spiro atoms. The molecule has 0 heterocycles. The molecule has 0 fully saturated rings. The van der Waals surface area contributed by atoms with Gasteiger partial charge in [0.15, 0.2) is 0 Å². The van der Waals surface area contributed by atoms with Crippen molar-refractivity contribution in [3.8, 4) is 0 Å². The van der Waals surface area contributed by atoms with Crippen LogP contribution < -0.4 is 0 Å². The largest absolute Gasteiger partial charge is 0.207 e. The van der Waals surface area contributed by atoms with Gasteiger partial charge in [0, 0.05) is 4.83 Å². The van der Waals surface area contributed by atoms with E-state index in [-0.39, 0.29) is 10.6 Å². The first-order chi connectivity index (χ1) is 5.13. The topological polar surface area (TPSA) is 0 Å². The lowest BCUT2D eigenvalue weighted by atomic mass is 10.1. The number of rotatable bonds is 1. The highest BCUT2D eigenvalue weighted by molar-refractivity contribution is 9.09. The first-order valence-corrected chi connectivity index (χ1v) is 4.43. The summed E-state index contributed by atoms with van der Waals surface area (Å²) in [5.74, 6) is -0.131. The predicted molar refractivity (Wildman–Crippen MR) is 48.5 cm³/mol. The molecule has 2 heteroatoms. The molecule has 0 saturated carbocycles. The standard InChI is InChI=1S/C9H10BrF/c1-6-8(7(2)10)4-3-5-9(6)11/h3-5,7H,1-2H3. The molecule has 0 aliphatic heterocycles. The lowest BCUT2D eigenvalue weighted by Crippen LogP contribution is -1.91. The first-order valence-electron chi connectivity index (χ1n) is 3.52. The molecule has 0 bridgehead atoms. The molecule has 0 nitrogen and oxygen atoms in total. The van der Waals surface area contributed by atoms with E-state index in [0.29, 0.717) is 0 Å². The van der Waals surface area contributed by atoms with Gasteiger partial charge in [-0.25, -0.2) is 4.39 Å². The third kappa shape index (κ3) is 1.80. The zero-order valence-corrected chi connectivity index (χ0v) is 8.15. The van der Waals surface area contributed by atoms with Gasteiger partial charge in [-0.2, -0.15) is 0 Å². The Morgan fingerprint density at radius 1 is 1.45 bits per heavy atom. The molecule has 0 aliphatic carbocycles. The Labute approximate surface area is 74.6 Å². The predicted octanol–water partition coefficient (Wildman–Crippen LogP) is 3.59. The third-order valence-electron chi connectivity index (χ3n) is 1.74. The summed E-state index contributed by atoms with van der Waals surface area (Å²) in [7, 11) is 0. The average molecular weight is 217 g/mol. The van der Waals surface area contributed by atoms with Crippen LogP contribution in [-0.2, 0) is 0 Å². The summed E-state index contributed by atoms with van der Waals surface area (Å²) in [5, 5.41) is 0. The van der Waals surface area contributed by atoms with E-state index < -0.39 is 0 Å². The van der Waals surface area contributed by atoms with Crippen LogP contribution >= 0.6 is 15.9 Å². The molecular weight excluding hydrogens is 207 g/mol. The van der Waals surface area contributed by atoms with Crippen molar-refractivity contribution in [3.63, 3.8) is 0 Å². The van der Waals surface area contributed by atoms with E-state index in [0.717, 1.165) is 11.1 Å². The van der Waals surface area contributed by atoms with Gasteiger partial charge in [0.05, 0.1) is 0 Å². The monoisotopic (exact) mass is 216 g/mol. The molecule has 0 N–H and O–H groups in total. The number of hydrogen-bond acceptors (Lipinski definition) is 0. The minimum Gasteiger partial charge on any atom is -0.207 e. The quantitative estimate of drug-likeness (QED) is 0.630. The highest BCUT2D eigenvalue weighted by atomic mass is 79.9. The van der Waals surface area contributed by atoms with Gasteiger partial charge in [0.1, 0.15) is 5.82 Å². The Bertz CT molecular complexity index is 256. The van der Waals surface area contributed by atoms with Gasteiger partial charge >= 0.3 is 0 Å². The zero-order valence-electron chi connectivity index (χ0n) is 6.57. The number of alkyl halides is 1. The van der Waals surface area contributed by atoms with Crippen LogP contribution in [0.2, 0.25) is 0 Å². The lowest BCUT2D eigenvalue weighted by Gasteiger charge is -2.07. The third-order valence-corrected chi connectivity index (χ3v) is 2.23. The summed E-state index contributed by atoms with van der Waals surface area (Å²) >= 11 is 3.40. The maximum absolute atomic E-state index is 12.9. The Morgan fingerprint density at radius 2 is 2.09 bits per heavy atom. The van der Waals surface area contributed by atoms with Crippen LogP contribution in [0.3, 0.4) is 0 Å². The highest BCUT2D eigenvalue weighted by Gasteiger charge is 2.06. The molecule has 1 aromatic carbocycles. The van der Waals surface area contributed by atoms with Crippen LogP contribution in [0.4, 0.5) is 4.39 Å². The Hall–Kier alpha value is -0.370. The Kier molecular flexibility index (Phi) is 2.66. The minimum absolute atomic E-state index is 0.131. The Balaban J connectivity index is 3.17. The molecular formula is C9H10BrF. The summed E-state index contributed by atoms with van der Waals surface area (Å²) in [5.41, 5.74) is 1.75. The average Bonchev–Trinajstić information content (AvgIpc) is 1.94. The van der Waals surface area contributed by atoms with Gasteiger partial charge < -0.3 is 0 Å². The molecule has 0 aliphatic rings. The van der Waals surface area contributed by atoms with Crippen LogP contribution in [0.25, 0.3) is 0 Å². The van der Waals surface area contributed by atoms with Gasteiger partial charge in [-0.15, -0.1) is 0 Å². The maximum Gasteiger partial charge on any atom is 0.126 e. The van der Waals surface area contributed by atoms with Crippen molar-refractivity contribution in [2.75, 3.05) is 0 Å². The van der Waals surface area contributed by atoms with Crippen LogP contribution in [0.1, 0.15) is 22.9 Å². The summed E-state index contributed by atoms with van der Waals surface area (Å²) in [6.45, 7) is 3.78. The van der Waals surface area contributed by atoms with E-state index in [1.54, 1.807) is 13.0 Å². The van der Waals surface area contributed by atoms with Gasteiger partial charge in [0.2, 0.25) is 0 Å². The molecule has 0 amide bonds. The summed E-state index contributed by atoms with van der Waals surface area (Å²) < 4.78 is 12.9. The van der Waals surface area contributed by atoms with Gasteiger partial charge in [-0.3, -0.25) is 0 Å². The first kappa shape index (κ1) is 8.72. The summed E-state index contributed by atoms with van der Waals surface area (Å²) in [4.78, 5) is 0.221. The van der Waals surface area contributed by atoms with E-state index in [2.05, 4.69) is 15.9 Å². The molecule has 1 aromatic rings. The molecule has 0 aromatic heterocycles. The van der Waals surface area contributed by atoms with Gasteiger partial charge in [-0.05, 0) is 31.0 Å². The van der Waals surface area contributed by atoms with Crippen molar-refractivity contribution in [3.05, 3.63) is 35.1 Å². The summed E-state index contributed by atoms with van der Waals surface area (Å²) in [6.07, 6.45) is 0. The fraction of sp³-hybridized carbons (Fsp3) is 0.333. The van der Waals surface area contributed by atoms with Crippen molar-refractivity contribution in [1.29, 1.82) is 0 Å².